The van der Waals surface area contributed by atoms with Crippen LogP contribution in [0.15, 0.2) is 0 Å². The van der Waals surface area contributed by atoms with E-state index in [2.05, 4.69) is 4.98 Å². The predicted molar refractivity (Wildman–Crippen MR) is 76.7 cm³/mol. The number of nitrogens with zero attached hydrogens (tertiary/aromatic N) is 1. The fourth-order valence-electron chi connectivity index (χ4n) is 1.43. The summed E-state index contributed by atoms with van der Waals surface area (Å²) in [5.41, 5.74) is 0.991. The van der Waals surface area contributed by atoms with Crippen LogP contribution in [0.25, 0.3) is 0 Å². The first-order valence-corrected chi connectivity index (χ1v) is 7.16. The van der Waals surface area contributed by atoms with Crippen molar-refractivity contribution in [3.8, 4) is 0 Å². The van der Waals surface area contributed by atoms with Crippen molar-refractivity contribution >= 4 is 29.5 Å². The van der Waals surface area contributed by atoms with Crippen molar-refractivity contribution in [2.75, 3.05) is 20.2 Å². The molecule has 6 heteroatoms. The lowest BCUT2D eigenvalue weighted by molar-refractivity contribution is -0.130. The Bertz CT molecular complexity index is 451. The van der Waals surface area contributed by atoms with Gasteiger partial charge in [0.25, 0.3) is 0 Å². The summed E-state index contributed by atoms with van der Waals surface area (Å²) in [5, 5.41) is 0. The number of nitrogens with one attached hydrogen (secondary N) is 1. The van der Waals surface area contributed by atoms with Gasteiger partial charge in [0.1, 0.15) is 0 Å². The molecule has 1 amide bonds. The van der Waals surface area contributed by atoms with Gasteiger partial charge in [-0.2, -0.15) is 0 Å². The first kappa shape index (κ1) is 15.3. The second-order valence-electron chi connectivity index (χ2n) is 4.47. The molecule has 0 fully saturated rings. The molecule has 0 saturated heterocycles. The van der Waals surface area contributed by atoms with E-state index in [-0.39, 0.29) is 12.0 Å². The summed E-state index contributed by atoms with van der Waals surface area (Å²) in [6, 6.07) is 0. The molecular formula is C12H20N2O2S2. The quantitative estimate of drug-likeness (QED) is 0.818. The number of rotatable bonds is 6. The third-order valence-corrected chi connectivity index (χ3v) is 3.88. The molecule has 0 bridgehead atoms. The molecule has 1 aromatic heterocycles. The minimum absolute atomic E-state index is 0.0932. The molecule has 102 valence electrons. The molecule has 0 saturated carbocycles. The Kier molecular flexibility index (Phi) is 5.98. The largest absolute Gasteiger partial charge is 0.377 e. The van der Waals surface area contributed by atoms with E-state index in [0.717, 1.165) is 14.5 Å². The summed E-state index contributed by atoms with van der Waals surface area (Å²) in [4.78, 5) is 17.7. The van der Waals surface area contributed by atoms with Crippen molar-refractivity contribution in [3.63, 3.8) is 0 Å². The first-order chi connectivity index (χ1) is 8.40. The molecule has 18 heavy (non-hydrogen) atoms. The lowest BCUT2D eigenvalue weighted by Gasteiger charge is -2.17. The topological polar surface area (TPSA) is 45.3 Å². The predicted octanol–water partition coefficient (Wildman–Crippen LogP) is 2.54. The highest BCUT2D eigenvalue weighted by molar-refractivity contribution is 7.73. The third kappa shape index (κ3) is 4.88. The molecule has 0 aliphatic rings. The molecule has 1 rings (SSSR count). The molecule has 1 heterocycles. The summed E-state index contributed by atoms with van der Waals surface area (Å²) in [6.07, 6.45) is 0.604. The van der Waals surface area contributed by atoms with Gasteiger partial charge in [-0.25, -0.2) is 0 Å². The molecule has 4 nitrogen and oxygen atoms in total. The Morgan fingerprint density at radius 2 is 2.22 bits per heavy atom. The number of carbonyl (C=O) groups excluding carboxylic acids is 1. The standard InChI is InChI=1S/C12H20N2O2S2/c1-8(2)16-6-5-14(4)11(15)7-10-9(3)13-12(17)18-10/h8H,5-7H2,1-4H3,(H,13,17). The van der Waals surface area contributed by atoms with Crippen molar-refractivity contribution in [3.05, 3.63) is 14.5 Å². The molecule has 1 aromatic rings. The highest BCUT2D eigenvalue weighted by Gasteiger charge is 2.12. The molecule has 0 radical (unpaired) electrons. The van der Waals surface area contributed by atoms with Crippen molar-refractivity contribution < 1.29 is 9.53 Å². The van der Waals surface area contributed by atoms with Gasteiger partial charge in [-0.05, 0) is 33.0 Å². The van der Waals surface area contributed by atoms with Gasteiger partial charge < -0.3 is 14.6 Å². The van der Waals surface area contributed by atoms with E-state index in [1.165, 1.54) is 11.3 Å². The second kappa shape index (κ2) is 7.01. The number of carbonyl (C=O) groups is 1. The monoisotopic (exact) mass is 288 g/mol. The van der Waals surface area contributed by atoms with Gasteiger partial charge in [0.15, 0.2) is 3.95 Å². The molecule has 0 atom stereocenters. The maximum Gasteiger partial charge on any atom is 0.227 e. The summed E-state index contributed by atoms with van der Waals surface area (Å²) in [7, 11) is 1.80. The minimum atomic E-state index is 0.0932. The van der Waals surface area contributed by atoms with E-state index in [1.54, 1.807) is 11.9 Å². The molecule has 0 aliphatic heterocycles. The highest BCUT2D eigenvalue weighted by Crippen LogP contribution is 2.15. The maximum absolute atomic E-state index is 12.0. The van der Waals surface area contributed by atoms with E-state index < -0.39 is 0 Å². The first-order valence-electron chi connectivity index (χ1n) is 5.94. The van der Waals surface area contributed by atoms with Crippen LogP contribution in [-0.4, -0.2) is 42.1 Å². The van der Waals surface area contributed by atoms with Crippen LogP contribution >= 0.6 is 23.6 Å². The van der Waals surface area contributed by atoms with Crippen molar-refractivity contribution in [1.29, 1.82) is 0 Å². The molecule has 0 aromatic carbocycles. The van der Waals surface area contributed by atoms with Gasteiger partial charge in [0, 0.05) is 24.2 Å². The molecule has 0 unspecified atom stereocenters. The van der Waals surface area contributed by atoms with Crippen molar-refractivity contribution in [2.24, 2.45) is 0 Å². The van der Waals surface area contributed by atoms with Crippen LogP contribution in [0, 0.1) is 10.9 Å². The number of thiazole rings is 1. The summed E-state index contributed by atoms with van der Waals surface area (Å²) >= 11 is 6.52. The molecule has 1 N–H and O–H groups in total. The fourth-order valence-corrected chi connectivity index (χ4v) is 2.71. The number of amides is 1. The number of aromatic nitrogens is 1. The maximum atomic E-state index is 12.0. The lowest BCUT2D eigenvalue weighted by atomic mass is 10.3. The Balaban J connectivity index is 2.45. The van der Waals surface area contributed by atoms with Gasteiger partial charge >= 0.3 is 0 Å². The molecular weight excluding hydrogens is 268 g/mol. The van der Waals surface area contributed by atoms with Crippen molar-refractivity contribution in [1.82, 2.24) is 9.88 Å². The minimum Gasteiger partial charge on any atom is -0.377 e. The Labute approximate surface area is 117 Å². The number of ether oxygens (including phenoxy) is 1. The number of hydrogen-bond donors (Lipinski definition) is 1. The van der Waals surface area contributed by atoms with E-state index in [4.69, 9.17) is 17.0 Å². The average Bonchev–Trinajstić information content (AvgIpc) is 2.56. The van der Waals surface area contributed by atoms with Gasteiger partial charge in [-0.15, -0.1) is 11.3 Å². The summed E-state index contributed by atoms with van der Waals surface area (Å²) < 4.78 is 6.15. The lowest BCUT2D eigenvalue weighted by Crippen LogP contribution is -2.31. The Morgan fingerprint density at radius 1 is 1.56 bits per heavy atom. The zero-order valence-corrected chi connectivity index (χ0v) is 12.9. The zero-order valence-electron chi connectivity index (χ0n) is 11.3. The van der Waals surface area contributed by atoms with Crippen LogP contribution in [-0.2, 0) is 16.0 Å². The van der Waals surface area contributed by atoms with E-state index in [0.29, 0.717) is 19.6 Å². The Morgan fingerprint density at radius 3 is 2.72 bits per heavy atom. The average molecular weight is 288 g/mol. The SMILES string of the molecule is Cc1[nH]c(=S)sc1CC(=O)N(C)CCOC(C)C. The summed E-state index contributed by atoms with van der Waals surface area (Å²) in [5.74, 6) is 0.0932. The van der Waals surface area contributed by atoms with Crippen LogP contribution in [0.1, 0.15) is 24.4 Å². The third-order valence-electron chi connectivity index (χ3n) is 2.54. The number of likely N-dealkylation sites (N-methyl/N-ethyl adjacent to an activating group) is 1. The van der Waals surface area contributed by atoms with Gasteiger partial charge in [-0.3, -0.25) is 4.79 Å². The Hall–Kier alpha value is -0.720. The van der Waals surface area contributed by atoms with Crippen LogP contribution in [0.3, 0.4) is 0 Å². The second-order valence-corrected chi connectivity index (χ2v) is 6.25. The molecule has 0 aliphatic carbocycles. The normalized spacial score (nSPS) is 10.9. The summed E-state index contributed by atoms with van der Waals surface area (Å²) in [6.45, 7) is 7.10. The number of aryl methyl sites for hydroxylation is 1. The van der Waals surface area contributed by atoms with Gasteiger partial charge in [0.05, 0.1) is 19.1 Å². The van der Waals surface area contributed by atoms with E-state index >= 15 is 0 Å². The molecule has 0 spiro atoms. The van der Waals surface area contributed by atoms with Crippen LogP contribution in [0.2, 0.25) is 0 Å². The zero-order chi connectivity index (χ0) is 13.7. The van der Waals surface area contributed by atoms with E-state index in [9.17, 15) is 4.79 Å². The van der Waals surface area contributed by atoms with E-state index in [1.807, 2.05) is 20.8 Å². The van der Waals surface area contributed by atoms with Gasteiger partial charge in [-0.1, -0.05) is 0 Å². The smallest absolute Gasteiger partial charge is 0.227 e. The highest BCUT2D eigenvalue weighted by atomic mass is 32.1. The number of hydrogen-bond acceptors (Lipinski definition) is 4. The fraction of sp³-hybridized carbons (Fsp3) is 0.667. The number of H-pyrrole nitrogens is 1. The van der Waals surface area contributed by atoms with Crippen LogP contribution < -0.4 is 0 Å². The number of aromatic amines is 1. The van der Waals surface area contributed by atoms with Gasteiger partial charge in [0.2, 0.25) is 5.91 Å². The van der Waals surface area contributed by atoms with Crippen LogP contribution in [0.5, 0.6) is 0 Å². The van der Waals surface area contributed by atoms with Crippen LogP contribution in [0.4, 0.5) is 0 Å². The van der Waals surface area contributed by atoms with Crippen molar-refractivity contribution in [2.45, 2.75) is 33.3 Å².